The Morgan fingerprint density at radius 1 is 1.30 bits per heavy atom. The second kappa shape index (κ2) is 5.74. The fourth-order valence-electron chi connectivity index (χ4n) is 2.71. The molecule has 1 aromatic rings. The molecule has 0 aliphatic carbocycles. The number of alkyl halides is 3. The van der Waals surface area contributed by atoms with E-state index in [1.165, 1.54) is 6.07 Å². The first-order valence-electron chi connectivity index (χ1n) is 6.83. The second-order valence-corrected chi connectivity index (χ2v) is 5.80. The van der Waals surface area contributed by atoms with Crippen LogP contribution in [0.5, 0.6) is 0 Å². The molecule has 20 heavy (non-hydrogen) atoms. The van der Waals surface area contributed by atoms with Crippen molar-refractivity contribution in [2.24, 2.45) is 0 Å². The fourth-order valence-corrected chi connectivity index (χ4v) is 2.71. The topological polar surface area (TPSA) is 6.48 Å². The van der Waals surface area contributed by atoms with E-state index in [-0.39, 0.29) is 0 Å². The Balaban J connectivity index is 2.14. The first-order chi connectivity index (χ1) is 9.27. The zero-order valence-corrected chi connectivity index (χ0v) is 12.2. The van der Waals surface area contributed by atoms with Gasteiger partial charge in [-0.25, -0.2) is 0 Å². The fraction of sp³-hybridized carbons (Fsp3) is 0.600. The van der Waals surface area contributed by atoms with Gasteiger partial charge in [-0.1, -0.05) is 17.7 Å². The van der Waals surface area contributed by atoms with E-state index in [0.29, 0.717) is 23.7 Å². The Kier molecular flexibility index (Phi) is 4.39. The van der Waals surface area contributed by atoms with Crippen molar-refractivity contribution < 1.29 is 13.2 Å². The van der Waals surface area contributed by atoms with Crippen LogP contribution in [-0.2, 0) is 12.7 Å². The quantitative estimate of drug-likeness (QED) is 0.842. The number of rotatable bonds is 3. The van der Waals surface area contributed by atoms with E-state index in [0.717, 1.165) is 19.5 Å². The molecule has 0 saturated carbocycles. The van der Waals surface area contributed by atoms with Crippen molar-refractivity contribution in [2.45, 2.75) is 32.1 Å². The second-order valence-electron chi connectivity index (χ2n) is 5.80. The molecule has 112 valence electrons. The molecule has 2 rings (SSSR count). The molecular formula is C15H21F3N2. The predicted octanol–water partition coefficient (Wildman–Crippen LogP) is 3.15. The summed E-state index contributed by atoms with van der Waals surface area (Å²) in [5.41, 5.74) is 0.530. The molecule has 5 heteroatoms. The summed E-state index contributed by atoms with van der Waals surface area (Å²) >= 11 is 0. The predicted molar refractivity (Wildman–Crippen MR) is 73.6 cm³/mol. The van der Waals surface area contributed by atoms with E-state index in [9.17, 15) is 13.2 Å². The van der Waals surface area contributed by atoms with Gasteiger partial charge in [-0.05, 0) is 39.1 Å². The molecule has 1 aliphatic rings. The monoisotopic (exact) mass is 286 g/mol. The number of nitrogens with zero attached hydrogens (tertiary/aromatic N) is 2. The van der Waals surface area contributed by atoms with Gasteiger partial charge in [-0.2, -0.15) is 13.2 Å². The summed E-state index contributed by atoms with van der Waals surface area (Å²) < 4.78 is 39.2. The molecule has 0 aromatic heterocycles. The minimum atomic E-state index is -4.28. The van der Waals surface area contributed by atoms with Crippen LogP contribution < -0.4 is 0 Å². The smallest absolute Gasteiger partial charge is 0.305 e. The lowest BCUT2D eigenvalue weighted by Crippen LogP contribution is -2.31. The van der Waals surface area contributed by atoms with Gasteiger partial charge in [0.15, 0.2) is 0 Å². The highest BCUT2D eigenvalue weighted by Gasteiger charge is 2.34. The highest BCUT2D eigenvalue weighted by atomic mass is 19.4. The highest BCUT2D eigenvalue weighted by Crippen LogP contribution is 2.33. The molecule has 0 spiro atoms. The van der Waals surface area contributed by atoms with Gasteiger partial charge in [-0.3, -0.25) is 4.90 Å². The van der Waals surface area contributed by atoms with Crippen molar-refractivity contribution in [3.63, 3.8) is 0 Å². The lowest BCUT2D eigenvalue weighted by atomic mass is 10.0. The van der Waals surface area contributed by atoms with Gasteiger partial charge in [0.2, 0.25) is 0 Å². The van der Waals surface area contributed by atoms with Crippen LogP contribution in [0.2, 0.25) is 0 Å². The molecular weight excluding hydrogens is 265 g/mol. The standard InChI is InChI=1S/C15H21F3N2/c1-11-4-5-12(14(8-11)15(16,17)18)9-20-7-6-13(10-20)19(2)3/h4-5,8,13H,6-7,9-10H2,1-3H3/t13-/m1/s1. The van der Waals surface area contributed by atoms with Crippen molar-refractivity contribution in [3.8, 4) is 0 Å². The summed E-state index contributed by atoms with van der Waals surface area (Å²) in [6, 6.07) is 5.05. The molecule has 0 unspecified atom stereocenters. The number of hydrogen-bond donors (Lipinski definition) is 0. The minimum absolute atomic E-state index is 0.374. The molecule has 1 atom stereocenters. The van der Waals surface area contributed by atoms with Gasteiger partial charge in [0.05, 0.1) is 5.56 Å². The summed E-state index contributed by atoms with van der Waals surface area (Å²) in [6.07, 6.45) is -3.26. The first-order valence-corrected chi connectivity index (χ1v) is 6.83. The molecule has 1 saturated heterocycles. The average Bonchev–Trinajstić information content (AvgIpc) is 2.79. The van der Waals surface area contributed by atoms with Gasteiger partial charge in [0.25, 0.3) is 0 Å². The van der Waals surface area contributed by atoms with E-state index in [1.807, 2.05) is 14.1 Å². The van der Waals surface area contributed by atoms with Crippen molar-refractivity contribution >= 4 is 0 Å². The van der Waals surface area contributed by atoms with Crippen LogP contribution >= 0.6 is 0 Å². The third-order valence-corrected chi connectivity index (χ3v) is 3.94. The molecule has 2 nitrogen and oxygen atoms in total. The maximum absolute atomic E-state index is 13.1. The van der Waals surface area contributed by atoms with Crippen LogP contribution in [-0.4, -0.2) is 43.0 Å². The summed E-state index contributed by atoms with van der Waals surface area (Å²) in [5.74, 6) is 0. The number of benzene rings is 1. The number of likely N-dealkylation sites (tertiary alicyclic amines) is 1. The lowest BCUT2D eigenvalue weighted by Gasteiger charge is -2.22. The summed E-state index contributed by atoms with van der Waals surface area (Å²) in [4.78, 5) is 4.24. The Hall–Kier alpha value is -1.07. The average molecular weight is 286 g/mol. The maximum Gasteiger partial charge on any atom is 0.416 e. The van der Waals surface area contributed by atoms with Gasteiger partial charge >= 0.3 is 6.18 Å². The third kappa shape index (κ3) is 3.52. The van der Waals surface area contributed by atoms with Crippen LogP contribution in [0.1, 0.15) is 23.1 Å². The normalized spacial score (nSPS) is 20.9. The molecule has 1 aromatic carbocycles. The third-order valence-electron chi connectivity index (χ3n) is 3.94. The van der Waals surface area contributed by atoms with E-state index < -0.39 is 11.7 Å². The van der Waals surface area contributed by atoms with Crippen LogP contribution in [0, 0.1) is 6.92 Å². The summed E-state index contributed by atoms with van der Waals surface area (Å²) in [6.45, 7) is 3.75. The van der Waals surface area contributed by atoms with Crippen molar-refractivity contribution in [1.29, 1.82) is 0 Å². The maximum atomic E-state index is 13.1. The molecule has 0 amide bonds. The number of hydrogen-bond acceptors (Lipinski definition) is 2. The Labute approximate surface area is 118 Å². The SMILES string of the molecule is Cc1ccc(CN2CC[C@@H](N(C)C)C2)c(C(F)(F)F)c1. The van der Waals surface area contributed by atoms with Crippen molar-refractivity contribution in [3.05, 3.63) is 34.9 Å². The van der Waals surface area contributed by atoms with Gasteiger partial charge in [0.1, 0.15) is 0 Å². The number of halogens is 3. The van der Waals surface area contributed by atoms with Crippen LogP contribution in [0.25, 0.3) is 0 Å². The Morgan fingerprint density at radius 2 is 2.00 bits per heavy atom. The lowest BCUT2D eigenvalue weighted by molar-refractivity contribution is -0.138. The van der Waals surface area contributed by atoms with E-state index in [4.69, 9.17) is 0 Å². The van der Waals surface area contributed by atoms with Crippen LogP contribution in [0.15, 0.2) is 18.2 Å². The molecule has 1 fully saturated rings. The highest BCUT2D eigenvalue weighted by molar-refractivity contribution is 5.33. The van der Waals surface area contributed by atoms with Crippen molar-refractivity contribution in [1.82, 2.24) is 9.80 Å². The largest absolute Gasteiger partial charge is 0.416 e. The van der Waals surface area contributed by atoms with Gasteiger partial charge in [0, 0.05) is 25.7 Å². The summed E-state index contributed by atoms with van der Waals surface area (Å²) in [7, 11) is 4.03. The number of aryl methyl sites for hydroxylation is 1. The molecule has 0 N–H and O–H groups in total. The van der Waals surface area contributed by atoms with E-state index in [2.05, 4.69) is 9.80 Å². The van der Waals surface area contributed by atoms with Crippen LogP contribution in [0.4, 0.5) is 13.2 Å². The zero-order chi connectivity index (χ0) is 14.9. The molecule has 0 radical (unpaired) electrons. The minimum Gasteiger partial charge on any atom is -0.305 e. The molecule has 0 bridgehead atoms. The Morgan fingerprint density at radius 3 is 2.55 bits per heavy atom. The first kappa shape index (κ1) is 15.3. The van der Waals surface area contributed by atoms with Crippen molar-refractivity contribution in [2.75, 3.05) is 27.2 Å². The molecule has 1 heterocycles. The van der Waals surface area contributed by atoms with Gasteiger partial charge in [-0.15, -0.1) is 0 Å². The van der Waals surface area contributed by atoms with Gasteiger partial charge < -0.3 is 4.90 Å². The number of likely N-dealkylation sites (N-methyl/N-ethyl adjacent to an activating group) is 1. The Bertz CT molecular complexity index is 469. The van der Waals surface area contributed by atoms with E-state index in [1.54, 1.807) is 19.1 Å². The van der Waals surface area contributed by atoms with E-state index >= 15 is 0 Å². The zero-order valence-electron chi connectivity index (χ0n) is 12.2. The molecule has 1 aliphatic heterocycles. The van der Waals surface area contributed by atoms with Crippen LogP contribution in [0.3, 0.4) is 0 Å². The summed E-state index contributed by atoms with van der Waals surface area (Å²) in [5, 5.41) is 0.